The maximum absolute atomic E-state index is 13.0. The van der Waals surface area contributed by atoms with E-state index in [9.17, 15) is 4.39 Å². The molecule has 1 aromatic rings. The summed E-state index contributed by atoms with van der Waals surface area (Å²) >= 11 is 11.0. The van der Waals surface area contributed by atoms with E-state index in [1.807, 2.05) is 0 Å². The number of benzene rings is 1. The number of thiocarbonyl (C=S) groups is 1. The van der Waals surface area contributed by atoms with Crippen molar-refractivity contribution in [2.45, 2.75) is 25.8 Å². The van der Waals surface area contributed by atoms with Gasteiger partial charge in [0.15, 0.2) is 5.11 Å². The average Bonchev–Trinajstić information content (AvgIpc) is 2.94. The highest BCUT2D eigenvalue weighted by molar-refractivity contribution is 7.80. The fourth-order valence-electron chi connectivity index (χ4n) is 2.30. The van der Waals surface area contributed by atoms with Crippen LogP contribution in [0.2, 0.25) is 5.02 Å². The summed E-state index contributed by atoms with van der Waals surface area (Å²) in [6.45, 7) is 5.31. The second kappa shape index (κ2) is 7.20. The molecule has 0 bridgehead atoms. The molecular weight excluding hydrogens is 297 g/mol. The summed E-state index contributed by atoms with van der Waals surface area (Å²) in [4.78, 5) is 2.45. The maximum atomic E-state index is 13.0. The first-order valence-corrected chi connectivity index (χ1v) is 7.59. The normalized spacial score (nSPS) is 16.9. The van der Waals surface area contributed by atoms with E-state index in [-0.39, 0.29) is 5.02 Å². The highest BCUT2D eigenvalue weighted by Crippen LogP contribution is 2.19. The monoisotopic (exact) mass is 315 g/mol. The molecule has 1 aromatic carbocycles. The molecule has 0 saturated carbocycles. The van der Waals surface area contributed by atoms with Gasteiger partial charge >= 0.3 is 0 Å². The van der Waals surface area contributed by atoms with Crippen LogP contribution in [-0.4, -0.2) is 35.7 Å². The van der Waals surface area contributed by atoms with E-state index in [1.165, 1.54) is 25.0 Å². The first kappa shape index (κ1) is 15.5. The van der Waals surface area contributed by atoms with Crippen LogP contribution in [0.3, 0.4) is 0 Å². The smallest absolute Gasteiger partial charge is 0.170 e. The Morgan fingerprint density at radius 3 is 2.80 bits per heavy atom. The van der Waals surface area contributed by atoms with Gasteiger partial charge in [-0.15, -0.1) is 0 Å². The molecule has 1 aliphatic heterocycles. The van der Waals surface area contributed by atoms with E-state index in [1.54, 1.807) is 6.07 Å². The third kappa shape index (κ3) is 4.30. The van der Waals surface area contributed by atoms with Crippen molar-refractivity contribution >= 4 is 34.6 Å². The summed E-state index contributed by atoms with van der Waals surface area (Å²) < 4.78 is 13.0. The van der Waals surface area contributed by atoms with E-state index in [2.05, 4.69) is 22.5 Å². The molecule has 20 heavy (non-hydrogen) atoms. The van der Waals surface area contributed by atoms with Crippen molar-refractivity contribution in [2.24, 2.45) is 0 Å². The zero-order chi connectivity index (χ0) is 14.5. The molecule has 1 saturated heterocycles. The number of halogens is 2. The van der Waals surface area contributed by atoms with Gasteiger partial charge in [-0.2, -0.15) is 0 Å². The first-order valence-electron chi connectivity index (χ1n) is 6.80. The number of nitrogens with zero attached hydrogens (tertiary/aromatic N) is 1. The quantitative estimate of drug-likeness (QED) is 0.834. The van der Waals surface area contributed by atoms with Crippen LogP contribution in [0, 0.1) is 5.82 Å². The summed E-state index contributed by atoms with van der Waals surface area (Å²) in [5, 5.41) is 6.80. The van der Waals surface area contributed by atoms with Gasteiger partial charge in [-0.25, -0.2) is 4.39 Å². The van der Waals surface area contributed by atoms with E-state index in [0.717, 1.165) is 19.6 Å². The minimum atomic E-state index is -0.432. The highest BCUT2D eigenvalue weighted by atomic mass is 35.5. The molecule has 1 aliphatic rings. The molecule has 6 heteroatoms. The fraction of sp³-hybridized carbons (Fsp3) is 0.500. The third-order valence-electron chi connectivity index (χ3n) is 3.50. The molecule has 0 spiro atoms. The van der Waals surface area contributed by atoms with Gasteiger partial charge in [0.05, 0.1) is 5.02 Å². The van der Waals surface area contributed by atoms with Crippen molar-refractivity contribution in [3.8, 4) is 0 Å². The van der Waals surface area contributed by atoms with E-state index < -0.39 is 5.82 Å². The Kier molecular flexibility index (Phi) is 5.57. The van der Waals surface area contributed by atoms with Gasteiger partial charge < -0.3 is 10.6 Å². The summed E-state index contributed by atoms with van der Waals surface area (Å²) in [6, 6.07) is 4.91. The van der Waals surface area contributed by atoms with Crippen molar-refractivity contribution in [2.75, 3.05) is 25.0 Å². The highest BCUT2D eigenvalue weighted by Gasteiger charge is 2.17. The number of hydrogen-bond acceptors (Lipinski definition) is 2. The second-order valence-corrected chi connectivity index (χ2v) is 5.87. The Hall–Kier alpha value is -0.910. The van der Waals surface area contributed by atoms with Gasteiger partial charge in [-0.1, -0.05) is 11.6 Å². The van der Waals surface area contributed by atoms with Gasteiger partial charge in [0.1, 0.15) is 5.82 Å². The topological polar surface area (TPSA) is 27.3 Å². The van der Waals surface area contributed by atoms with Crippen molar-refractivity contribution in [3.63, 3.8) is 0 Å². The van der Waals surface area contributed by atoms with Crippen LogP contribution >= 0.6 is 23.8 Å². The summed E-state index contributed by atoms with van der Waals surface area (Å²) in [7, 11) is 0. The number of hydrogen-bond donors (Lipinski definition) is 2. The second-order valence-electron chi connectivity index (χ2n) is 5.06. The largest absolute Gasteiger partial charge is 0.361 e. The van der Waals surface area contributed by atoms with E-state index >= 15 is 0 Å². The molecule has 1 atom stereocenters. The molecule has 1 heterocycles. The number of anilines is 1. The fourth-order valence-corrected chi connectivity index (χ4v) is 2.68. The molecule has 0 amide bonds. The minimum Gasteiger partial charge on any atom is -0.361 e. The summed E-state index contributed by atoms with van der Waals surface area (Å²) in [5.41, 5.74) is 0.683. The van der Waals surface area contributed by atoms with Gasteiger partial charge in [-0.3, -0.25) is 4.90 Å². The predicted octanol–water partition coefficient (Wildman–Crippen LogP) is 3.25. The van der Waals surface area contributed by atoms with Crippen LogP contribution in [0.4, 0.5) is 10.1 Å². The molecular formula is C14H19ClFN3S. The van der Waals surface area contributed by atoms with E-state index in [4.69, 9.17) is 23.8 Å². The Morgan fingerprint density at radius 2 is 2.15 bits per heavy atom. The van der Waals surface area contributed by atoms with Crippen LogP contribution in [0.15, 0.2) is 18.2 Å². The molecule has 0 aromatic heterocycles. The summed E-state index contributed by atoms with van der Waals surface area (Å²) in [6.07, 6.45) is 2.56. The molecule has 1 fully saturated rings. The third-order valence-corrected chi connectivity index (χ3v) is 4.04. The SMILES string of the molecule is CC(CNC(=S)Nc1ccc(F)c(Cl)c1)N1CCCC1. The summed E-state index contributed by atoms with van der Waals surface area (Å²) in [5.74, 6) is -0.432. The maximum Gasteiger partial charge on any atom is 0.170 e. The molecule has 110 valence electrons. The Labute approximate surface area is 129 Å². The minimum absolute atomic E-state index is 0.0863. The predicted molar refractivity (Wildman–Crippen MR) is 85.9 cm³/mol. The van der Waals surface area contributed by atoms with Crippen molar-refractivity contribution in [1.29, 1.82) is 0 Å². The van der Waals surface area contributed by atoms with Gasteiger partial charge in [-0.05, 0) is 63.3 Å². The van der Waals surface area contributed by atoms with Gasteiger partial charge in [0.2, 0.25) is 0 Å². The standard InChI is InChI=1S/C14H19ClFN3S/c1-10(19-6-2-3-7-19)9-17-14(20)18-11-4-5-13(16)12(15)8-11/h4-5,8,10H,2-3,6-7,9H2,1H3,(H2,17,18,20). The zero-order valence-corrected chi connectivity index (χ0v) is 13.0. The number of nitrogens with one attached hydrogen (secondary N) is 2. The van der Waals surface area contributed by atoms with Gasteiger partial charge in [0.25, 0.3) is 0 Å². The lowest BCUT2D eigenvalue weighted by atomic mass is 10.3. The van der Waals surface area contributed by atoms with Crippen molar-refractivity contribution in [1.82, 2.24) is 10.2 Å². The van der Waals surface area contributed by atoms with Gasteiger partial charge in [0, 0.05) is 18.3 Å². The first-order chi connectivity index (χ1) is 9.56. The lowest BCUT2D eigenvalue weighted by Crippen LogP contribution is -2.41. The van der Waals surface area contributed by atoms with Crippen LogP contribution in [0.25, 0.3) is 0 Å². The van der Waals surface area contributed by atoms with Crippen LogP contribution < -0.4 is 10.6 Å². The molecule has 1 unspecified atom stereocenters. The Bertz CT molecular complexity index is 477. The molecule has 3 nitrogen and oxygen atoms in total. The van der Waals surface area contributed by atoms with Crippen LogP contribution in [0.1, 0.15) is 19.8 Å². The molecule has 2 N–H and O–H groups in total. The van der Waals surface area contributed by atoms with Crippen molar-refractivity contribution < 1.29 is 4.39 Å². The van der Waals surface area contributed by atoms with Crippen LogP contribution in [0.5, 0.6) is 0 Å². The molecule has 0 radical (unpaired) electrons. The van der Waals surface area contributed by atoms with Crippen molar-refractivity contribution in [3.05, 3.63) is 29.0 Å². The molecule has 0 aliphatic carbocycles. The van der Waals surface area contributed by atoms with E-state index in [0.29, 0.717) is 16.8 Å². The molecule has 2 rings (SSSR count). The van der Waals surface area contributed by atoms with Crippen LogP contribution in [-0.2, 0) is 0 Å². The zero-order valence-electron chi connectivity index (χ0n) is 11.5. The lowest BCUT2D eigenvalue weighted by molar-refractivity contribution is 0.259. The number of rotatable bonds is 4. The lowest BCUT2D eigenvalue weighted by Gasteiger charge is -2.24. The Morgan fingerprint density at radius 1 is 1.45 bits per heavy atom. The Balaban J connectivity index is 1.78. The average molecular weight is 316 g/mol. The number of likely N-dealkylation sites (tertiary alicyclic amines) is 1.